The van der Waals surface area contributed by atoms with Crippen molar-refractivity contribution < 1.29 is 173 Å². The molecule has 0 spiro atoms. The van der Waals surface area contributed by atoms with Gasteiger partial charge in [0.15, 0.2) is 17.3 Å². The number of thiazole rings is 1. The number of phenols is 1. The van der Waals surface area contributed by atoms with Gasteiger partial charge in [-0.05, 0) is 112 Å². The minimum atomic E-state index is -2.18. The molecule has 3 aromatic heterocycles. The van der Waals surface area contributed by atoms with Crippen molar-refractivity contribution in [2.75, 3.05) is 75.2 Å². The molecule has 33 N–H and O–H groups in total. The van der Waals surface area contributed by atoms with Gasteiger partial charge in [0.25, 0.3) is 17.4 Å². The Balaban J connectivity index is 1.36. The van der Waals surface area contributed by atoms with Crippen LogP contribution in [0.1, 0.15) is 186 Å². The van der Waals surface area contributed by atoms with Gasteiger partial charge in [-0.1, -0.05) is 54.5 Å². The summed E-state index contributed by atoms with van der Waals surface area (Å²) in [6, 6.07) is -0.921. The second-order valence-electron chi connectivity index (χ2n) is 35.2. The Labute approximate surface area is 869 Å². The van der Waals surface area contributed by atoms with Crippen LogP contribution >= 0.6 is 32.9 Å². The van der Waals surface area contributed by atoms with Crippen molar-refractivity contribution in [3.05, 3.63) is 98.0 Å². The number of aromatic amines is 1. The van der Waals surface area contributed by atoms with Gasteiger partial charge in [-0.3, -0.25) is 87.1 Å². The van der Waals surface area contributed by atoms with E-state index in [2.05, 4.69) is 99.6 Å². The van der Waals surface area contributed by atoms with Gasteiger partial charge in [0.1, 0.15) is 77.6 Å². The first kappa shape index (κ1) is 127. The average molecular weight is 2180 g/mol. The molecule has 0 aliphatic carbocycles. The zero-order valence-electron chi connectivity index (χ0n) is 82.4. The molecule has 150 heavy (non-hydrogen) atoms. The van der Waals surface area contributed by atoms with Crippen LogP contribution in [-0.4, -0.2) is 369 Å². The van der Waals surface area contributed by atoms with Crippen LogP contribution in [0.4, 0.5) is 16.4 Å². The Morgan fingerprint density at radius 2 is 0.973 bits per heavy atom. The predicted octanol–water partition coefficient (Wildman–Crippen LogP) is -6.37. The van der Waals surface area contributed by atoms with E-state index in [0.29, 0.717) is 34.8 Å². The van der Waals surface area contributed by atoms with Crippen LogP contribution < -0.4 is 85.9 Å². The minimum Gasteiger partial charge on any atom is -0.508 e. The third-order valence-electron chi connectivity index (χ3n) is 22.3. The van der Waals surface area contributed by atoms with Crippen molar-refractivity contribution in [3.63, 3.8) is 0 Å². The van der Waals surface area contributed by atoms with Crippen molar-refractivity contribution in [1.29, 1.82) is 0 Å². The molecular weight excluding hydrogens is 2050 g/mol. The Morgan fingerprint density at radius 3 is 1.43 bits per heavy atom. The maximum absolute atomic E-state index is 14.9. The molecule has 0 unspecified atom stereocenters. The third kappa shape index (κ3) is 49.0. The summed E-state index contributed by atoms with van der Waals surface area (Å²) in [5, 5.41) is 191. The lowest BCUT2D eigenvalue weighted by Crippen LogP contribution is -2.59. The van der Waals surface area contributed by atoms with Crippen molar-refractivity contribution in [2.45, 2.75) is 260 Å². The topological polar surface area (TPSA) is 911 Å². The number of carbonyl (C=O) groups excluding carboxylic acids is 14. The van der Waals surface area contributed by atoms with Crippen LogP contribution in [0.5, 0.6) is 5.75 Å². The maximum atomic E-state index is 14.9. The van der Waals surface area contributed by atoms with Crippen molar-refractivity contribution in [2.24, 2.45) is 11.8 Å². The number of aliphatic hydroxyl groups excluding tert-OH is 12. The smallest absolute Gasteiger partial charge is 0.426 e. The zero-order valence-corrected chi connectivity index (χ0v) is 84.8. The lowest BCUT2D eigenvalue weighted by atomic mass is 9.95. The Morgan fingerprint density at radius 1 is 0.500 bits per heavy atom. The summed E-state index contributed by atoms with van der Waals surface area (Å²) in [4.78, 5) is 262. The number of hydrogen-bond donors (Lipinski definition) is 32. The fraction of sp³-hybridized carbons (Fsp3) is 0.582. The fourth-order valence-corrected chi connectivity index (χ4v) is 16.8. The number of nitrogens with two attached hydrogens (primary N) is 1. The largest absolute Gasteiger partial charge is 0.508 e. The predicted molar refractivity (Wildman–Crippen MR) is 532 cm³/mol. The number of carboxylic acid groups (broad SMARTS) is 3. The molecule has 0 radical (unpaired) electrons. The van der Waals surface area contributed by atoms with E-state index in [1.165, 1.54) is 49.7 Å². The van der Waals surface area contributed by atoms with Gasteiger partial charge in [-0.2, -0.15) is 4.98 Å². The van der Waals surface area contributed by atoms with Crippen LogP contribution in [0.2, 0.25) is 0 Å². The average Bonchev–Trinajstić information content (AvgIpc) is 0.964. The highest BCUT2D eigenvalue weighted by Crippen LogP contribution is 2.30. The first-order valence-electron chi connectivity index (χ1n) is 47.6. The number of phenolic OH excluding ortho intramolecular Hbond substituents is 1. The third-order valence-corrected chi connectivity index (χ3v) is 25.6. The van der Waals surface area contributed by atoms with Gasteiger partial charge in [0, 0.05) is 131 Å². The second-order valence-corrected chi connectivity index (χ2v) is 38.7. The van der Waals surface area contributed by atoms with E-state index in [1.807, 2.05) is 13.8 Å². The molecule has 0 fully saturated rings. The van der Waals surface area contributed by atoms with Gasteiger partial charge < -0.3 is 161 Å². The maximum Gasteiger partial charge on any atom is 0.426 e. The van der Waals surface area contributed by atoms with Crippen LogP contribution in [0.25, 0.3) is 11.2 Å². The first-order valence-corrected chi connectivity index (χ1v) is 51.0. The van der Waals surface area contributed by atoms with Crippen molar-refractivity contribution in [3.8, 4) is 5.75 Å². The molecule has 0 saturated carbocycles. The molecule has 2 aromatic carbocycles. The summed E-state index contributed by atoms with van der Waals surface area (Å²) in [7, 11) is 1.68. The highest BCUT2D eigenvalue weighted by atomic mass is 33.1. The summed E-state index contributed by atoms with van der Waals surface area (Å²) in [5.41, 5.74) is 11.0. The number of carbonyl (C=O) groups is 17. The summed E-state index contributed by atoms with van der Waals surface area (Å²) < 4.78 is 10.7. The first-order chi connectivity index (χ1) is 71.0. The van der Waals surface area contributed by atoms with Crippen LogP contribution in [-0.2, 0) is 89.6 Å². The van der Waals surface area contributed by atoms with Gasteiger partial charge >= 0.3 is 30.0 Å². The molecule has 0 aliphatic rings. The van der Waals surface area contributed by atoms with Crippen molar-refractivity contribution >= 4 is 157 Å². The number of rotatable bonds is 71. The lowest BCUT2D eigenvalue weighted by Gasteiger charge is -2.27. The molecule has 13 amide bonds. The minimum absolute atomic E-state index is 0.0129. The number of esters is 1. The molecule has 5 rings (SSSR count). The SMILES string of the molecule is CC(=O)O[C@H](CCC(C)C)c1nc(C(=O)N[C@@H](Cc2ccc(O)cc2)C[C@H](C)C(=O)NNC(=O)OCCSSC[C@@H](NC(=O)[C@H](CCC(=O)NC[C@H](O)C[C@H](O)[C@H](O)CO)NC(=O)[C@@H](CCC(=O)O)NC(=O)[C@H](CCC(=O)NC[C@H](O)C[C@H](O)[C@H](O)CO)NC(=O)[C@@H](CCC(=O)O)NC(=O)[C@H](CCC(=O)NC[C@H](O)C[C@H](O)[C@H](O)CO)NC(=O)CCCNC(=O)c2ccc(NCc3cnc4nc(N)[nH]c(=O)c4n3)cc2)C(=O)O)cs1. The van der Waals surface area contributed by atoms with Crippen molar-refractivity contribution in [1.82, 2.24) is 94.3 Å². The molecule has 18 atom stereocenters. The fourth-order valence-electron chi connectivity index (χ4n) is 13.9. The number of H-pyrrole nitrogens is 1. The highest BCUT2D eigenvalue weighted by molar-refractivity contribution is 8.76. The molecule has 59 heteroatoms. The molecular formula is C91H134N20O36S3. The number of nitrogens with one attached hydrogen (secondary N) is 15. The van der Waals surface area contributed by atoms with E-state index in [4.69, 9.17) is 15.2 Å². The molecule has 0 bridgehead atoms. The number of aliphatic hydroxyl groups is 12. The molecule has 3 heterocycles. The van der Waals surface area contributed by atoms with E-state index in [0.717, 1.165) is 32.9 Å². The van der Waals surface area contributed by atoms with Crippen LogP contribution in [0.15, 0.2) is 64.9 Å². The number of aromatic hydroxyl groups is 1. The van der Waals surface area contributed by atoms with E-state index in [9.17, 15) is 168 Å². The van der Waals surface area contributed by atoms with Gasteiger partial charge in [0.2, 0.25) is 65.0 Å². The molecule has 0 saturated heterocycles. The zero-order chi connectivity index (χ0) is 111. The lowest BCUT2D eigenvalue weighted by molar-refractivity contribution is -0.147. The molecule has 832 valence electrons. The number of ether oxygens (including phenoxy) is 2. The molecule has 5 aromatic rings. The monoisotopic (exact) mass is 2180 g/mol. The number of carboxylic acids is 3. The number of benzene rings is 2. The number of aliphatic carboxylic acids is 3. The number of fused-ring (bicyclic) bond motifs is 1. The number of anilines is 2. The summed E-state index contributed by atoms with van der Waals surface area (Å²) >= 11 is 1.12. The van der Waals surface area contributed by atoms with E-state index in [-0.39, 0.29) is 78.1 Å². The quantitative estimate of drug-likeness (QED) is 0.00745. The highest BCUT2D eigenvalue weighted by Gasteiger charge is 2.37. The summed E-state index contributed by atoms with van der Waals surface area (Å²) in [5.74, 6) is -19.9. The number of nitrogens with zero attached hydrogens (tertiary/aromatic N) is 4. The number of hydrogen-bond acceptors (Lipinski definition) is 42. The van der Waals surface area contributed by atoms with Gasteiger partial charge in [0.05, 0.1) is 74.9 Å². The van der Waals surface area contributed by atoms with Gasteiger partial charge in [-0.15, -0.1) is 11.3 Å². The number of nitrogen functional groups attached to an aromatic ring is 1. The molecule has 56 nitrogen and oxygen atoms in total. The van der Waals surface area contributed by atoms with Gasteiger partial charge in [-0.25, -0.2) is 30.0 Å². The Hall–Kier alpha value is -13.3. The standard InChI is InChI=1S/C91H134N20O36S3/c1-45(2)7-21-70(147-47(4)115)88-107-62(43-148-88)86(141)100-51(31-48-8-14-53(116)15-9-48)30-46(3)79(134)110-111-91(145)146-28-29-149-150-44-63(89(143)144)106-85(140)59(18-24-73(128)97-39-56(119)34-66(122)69(125)42-114)103-84(139)61(20-26-76(132)133)105-82(137)58(17-23-72(127)96-38-55(118)33-65(121)68(124)41-113)102-83(138)60(19-25-75(130)131)104-81(136)57(16-22-71(126)95-37-54(117)32-64(120)67(123)40-112)101-74(129)6-5-27-93-80(135)49-10-12-50(13-11-49)94-35-52-36-98-78-77(99-52)87(142)109-90(92)108-78/h8-15,36,43,45-46,51,54-61,63-70,94,112-114,116-125H,5-7,16-35,37-42,44H2,1-4H3,(H,93,135)(H,95,126)(H,96,127)(H,97,128)(H,100,141)(H,101,129)(H,102,138)(H,103,139)(H,104,136)(H,105,137)(H,106,140)(H,110,134)(H,111,145)(H,130,131)(H,132,133)(H,143,144)(H3,92,98,108,109,142)/t46-,51+,54+,55+,56+,57-,58-,59-,60+,61+,63+,64-,65-,66-,67+,68+,69+,70+/m0/s1. The van der Waals surface area contributed by atoms with E-state index >= 15 is 0 Å². The number of aromatic nitrogens is 5. The normalized spacial score (nSPS) is 14.9. The Kier molecular flexibility index (Phi) is 56.8. The Bertz CT molecular complexity index is 5310. The second kappa shape index (κ2) is 67.0. The van der Waals surface area contributed by atoms with Crippen LogP contribution in [0, 0.1) is 11.8 Å². The summed E-state index contributed by atoms with van der Waals surface area (Å²) in [6.07, 6.45) is -25.1. The van der Waals surface area contributed by atoms with E-state index < -0.39 is 357 Å². The van der Waals surface area contributed by atoms with Crippen LogP contribution in [0.3, 0.4) is 0 Å². The number of amides is 13. The van der Waals surface area contributed by atoms with E-state index in [1.54, 1.807) is 24.3 Å². The molecule has 0 aliphatic heterocycles. The summed E-state index contributed by atoms with van der Waals surface area (Å²) in [6.45, 7) is 1.60. The number of hydrazine groups is 1.